The first-order valence-electron chi connectivity index (χ1n) is 5.81. The normalized spacial score (nSPS) is 19.2. The van der Waals surface area contributed by atoms with E-state index in [2.05, 4.69) is 9.46 Å². The van der Waals surface area contributed by atoms with E-state index in [0.717, 1.165) is 0 Å². The average Bonchev–Trinajstić information content (AvgIpc) is 2.29. The van der Waals surface area contributed by atoms with Crippen LogP contribution < -0.4 is 4.72 Å². The number of methoxy groups -OCH3 is 1. The molecule has 0 bridgehead atoms. The second-order valence-corrected chi connectivity index (χ2v) is 5.88. The van der Waals surface area contributed by atoms with Crippen LogP contribution in [0, 0.1) is 5.92 Å². The van der Waals surface area contributed by atoms with E-state index >= 15 is 0 Å². The third-order valence-corrected chi connectivity index (χ3v) is 4.62. The Morgan fingerprint density at radius 3 is 2.47 bits per heavy atom. The minimum atomic E-state index is -3.32. The molecular weight excluding hydrogens is 244 g/mol. The smallest absolute Gasteiger partial charge is 0.305 e. The minimum Gasteiger partial charge on any atom is -0.469 e. The maximum Gasteiger partial charge on any atom is 0.305 e. The zero-order valence-electron chi connectivity index (χ0n) is 10.3. The second-order valence-electron chi connectivity index (χ2n) is 4.13. The van der Waals surface area contributed by atoms with Crippen LogP contribution >= 0.6 is 0 Å². The van der Waals surface area contributed by atoms with Gasteiger partial charge < -0.3 is 4.74 Å². The fraction of sp³-hybridized carbons (Fsp3) is 0.900. The number of ether oxygens (including phenoxy) is 1. The first-order chi connectivity index (χ1) is 7.99. The van der Waals surface area contributed by atoms with Crippen LogP contribution in [0.25, 0.3) is 0 Å². The summed E-state index contributed by atoms with van der Waals surface area (Å²) < 4.78 is 31.9. The summed E-state index contributed by atoms with van der Waals surface area (Å²) in [5.74, 6) is 0.00789. The highest BCUT2D eigenvalue weighted by atomic mass is 32.2. The van der Waals surface area contributed by atoms with Crippen LogP contribution in [-0.4, -0.2) is 45.4 Å². The van der Waals surface area contributed by atoms with Crippen LogP contribution in [0.1, 0.15) is 26.2 Å². The van der Waals surface area contributed by atoms with Gasteiger partial charge in [-0.25, -0.2) is 4.72 Å². The van der Waals surface area contributed by atoms with Gasteiger partial charge in [0.25, 0.3) is 10.2 Å². The van der Waals surface area contributed by atoms with Crippen molar-refractivity contribution < 1.29 is 17.9 Å². The third kappa shape index (κ3) is 4.25. The van der Waals surface area contributed by atoms with E-state index in [1.54, 1.807) is 6.92 Å². The van der Waals surface area contributed by atoms with E-state index in [4.69, 9.17) is 0 Å². The van der Waals surface area contributed by atoms with Crippen molar-refractivity contribution in [3.8, 4) is 0 Å². The molecule has 1 heterocycles. The van der Waals surface area contributed by atoms with Gasteiger partial charge in [0.05, 0.1) is 7.11 Å². The van der Waals surface area contributed by atoms with Crippen LogP contribution in [0.3, 0.4) is 0 Å². The predicted octanol–water partition coefficient (Wildman–Crippen LogP) is 0.116. The highest BCUT2D eigenvalue weighted by molar-refractivity contribution is 7.87. The number of nitrogens with zero attached hydrogens (tertiary/aromatic N) is 1. The number of carbonyl (C=O) groups excluding carboxylic acids is 1. The van der Waals surface area contributed by atoms with E-state index in [1.807, 2.05) is 0 Å². The van der Waals surface area contributed by atoms with E-state index in [0.29, 0.717) is 38.9 Å². The van der Waals surface area contributed by atoms with Crippen molar-refractivity contribution in [3.63, 3.8) is 0 Å². The SMILES string of the molecule is CCNS(=O)(=O)N1CCC(CC(=O)OC)CC1. The minimum absolute atomic E-state index is 0.224. The summed E-state index contributed by atoms with van der Waals surface area (Å²) in [4.78, 5) is 11.1. The Labute approximate surface area is 102 Å². The first-order valence-corrected chi connectivity index (χ1v) is 7.25. The number of hydrogen-bond acceptors (Lipinski definition) is 4. The molecule has 0 saturated carbocycles. The molecule has 0 aromatic heterocycles. The van der Waals surface area contributed by atoms with Gasteiger partial charge in [0, 0.05) is 26.1 Å². The van der Waals surface area contributed by atoms with Gasteiger partial charge in [0.1, 0.15) is 0 Å². The topological polar surface area (TPSA) is 75.7 Å². The van der Waals surface area contributed by atoms with Gasteiger partial charge in [-0.05, 0) is 18.8 Å². The molecule has 17 heavy (non-hydrogen) atoms. The molecule has 0 aliphatic carbocycles. The molecule has 6 nitrogen and oxygen atoms in total. The Bertz CT molecular complexity index is 347. The van der Waals surface area contributed by atoms with Gasteiger partial charge in [0.2, 0.25) is 0 Å². The predicted molar refractivity (Wildman–Crippen MR) is 63.5 cm³/mol. The molecular formula is C10H20N2O4S. The summed E-state index contributed by atoms with van der Waals surface area (Å²) in [5, 5.41) is 0. The molecule has 0 amide bonds. The summed E-state index contributed by atoms with van der Waals surface area (Å²) >= 11 is 0. The van der Waals surface area contributed by atoms with Gasteiger partial charge in [0.15, 0.2) is 0 Å². The van der Waals surface area contributed by atoms with E-state index in [9.17, 15) is 13.2 Å². The lowest BCUT2D eigenvalue weighted by molar-refractivity contribution is -0.142. The first kappa shape index (κ1) is 14.4. The highest BCUT2D eigenvalue weighted by Gasteiger charge is 2.28. The van der Waals surface area contributed by atoms with Crippen molar-refractivity contribution in [1.29, 1.82) is 0 Å². The molecule has 0 aromatic rings. The van der Waals surface area contributed by atoms with Gasteiger partial charge in [-0.15, -0.1) is 0 Å². The molecule has 0 radical (unpaired) electrons. The molecule has 1 N–H and O–H groups in total. The molecule has 1 fully saturated rings. The molecule has 0 aromatic carbocycles. The fourth-order valence-corrected chi connectivity index (χ4v) is 3.19. The standard InChI is InChI=1S/C10H20N2O4S/c1-3-11-17(14,15)12-6-4-9(5-7-12)8-10(13)16-2/h9,11H,3-8H2,1-2H3. The van der Waals surface area contributed by atoms with Gasteiger partial charge in [-0.1, -0.05) is 6.92 Å². The van der Waals surface area contributed by atoms with Crippen LogP contribution in [0.15, 0.2) is 0 Å². The van der Waals surface area contributed by atoms with Crippen molar-refractivity contribution in [1.82, 2.24) is 9.03 Å². The summed E-state index contributed by atoms with van der Waals surface area (Å²) in [7, 11) is -1.96. The van der Waals surface area contributed by atoms with Crippen LogP contribution in [-0.2, 0) is 19.7 Å². The zero-order chi connectivity index (χ0) is 12.9. The van der Waals surface area contributed by atoms with Crippen molar-refractivity contribution in [2.75, 3.05) is 26.7 Å². The van der Waals surface area contributed by atoms with Crippen LogP contribution in [0.5, 0.6) is 0 Å². The largest absolute Gasteiger partial charge is 0.469 e. The zero-order valence-corrected chi connectivity index (χ0v) is 11.1. The van der Waals surface area contributed by atoms with Crippen molar-refractivity contribution in [2.24, 2.45) is 5.92 Å². The highest BCUT2D eigenvalue weighted by Crippen LogP contribution is 2.22. The number of rotatable bonds is 5. The number of piperidine rings is 1. The fourth-order valence-electron chi connectivity index (χ4n) is 1.95. The lowest BCUT2D eigenvalue weighted by atomic mass is 9.95. The number of hydrogen-bond donors (Lipinski definition) is 1. The number of esters is 1. The summed E-state index contributed by atoms with van der Waals surface area (Å²) in [5.41, 5.74) is 0. The van der Waals surface area contributed by atoms with Crippen molar-refractivity contribution in [3.05, 3.63) is 0 Å². The Kier molecular flexibility index (Phi) is 5.35. The molecule has 1 aliphatic rings. The van der Waals surface area contributed by atoms with Crippen LogP contribution in [0.2, 0.25) is 0 Å². The average molecular weight is 264 g/mol. The summed E-state index contributed by atoms with van der Waals surface area (Å²) in [6, 6.07) is 0. The summed E-state index contributed by atoms with van der Waals surface area (Å²) in [6.07, 6.45) is 1.80. The monoisotopic (exact) mass is 264 g/mol. The molecule has 1 aliphatic heterocycles. The molecule has 100 valence electrons. The van der Waals surface area contributed by atoms with Gasteiger partial charge >= 0.3 is 5.97 Å². The Morgan fingerprint density at radius 2 is 2.00 bits per heavy atom. The lowest BCUT2D eigenvalue weighted by Crippen LogP contribution is -2.45. The molecule has 1 rings (SSSR count). The molecule has 1 saturated heterocycles. The van der Waals surface area contributed by atoms with Crippen molar-refractivity contribution >= 4 is 16.2 Å². The summed E-state index contributed by atoms with van der Waals surface area (Å²) in [6.45, 7) is 3.08. The number of carbonyl (C=O) groups is 1. The second kappa shape index (κ2) is 6.32. The van der Waals surface area contributed by atoms with E-state index < -0.39 is 10.2 Å². The maximum atomic E-state index is 11.7. The van der Waals surface area contributed by atoms with E-state index in [-0.39, 0.29) is 11.9 Å². The quantitative estimate of drug-likeness (QED) is 0.715. The lowest BCUT2D eigenvalue weighted by Gasteiger charge is -2.30. The van der Waals surface area contributed by atoms with Crippen LogP contribution in [0.4, 0.5) is 0 Å². The Morgan fingerprint density at radius 1 is 1.41 bits per heavy atom. The maximum absolute atomic E-state index is 11.7. The van der Waals surface area contributed by atoms with Gasteiger partial charge in [-0.2, -0.15) is 12.7 Å². The van der Waals surface area contributed by atoms with E-state index in [1.165, 1.54) is 11.4 Å². The molecule has 0 atom stereocenters. The van der Waals surface area contributed by atoms with Crippen molar-refractivity contribution in [2.45, 2.75) is 26.2 Å². The van der Waals surface area contributed by atoms with Gasteiger partial charge in [-0.3, -0.25) is 4.79 Å². The Hall–Kier alpha value is -0.660. The molecule has 0 unspecified atom stereocenters. The molecule has 7 heteroatoms. The third-order valence-electron chi connectivity index (χ3n) is 2.92. The Balaban J connectivity index is 2.43. The number of nitrogens with one attached hydrogen (secondary N) is 1. The molecule has 0 spiro atoms.